The molecular formula is C20H19ClFN5O2. The molecular weight excluding hydrogens is 397 g/mol. The number of primary amides is 1. The second kappa shape index (κ2) is 6.38. The molecule has 5 rings (SSSR count). The van der Waals surface area contributed by atoms with Gasteiger partial charge in [0.05, 0.1) is 17.6 Å². The number of benzene rings is 1. The number of nitrogens with zero attached hydrogens (tertiary/aromatic N) is 4. The highest BCUT2D eigenvalue weighted by Gasteiger charge is 2.59. The highest BCUT2D eigenvalue weighted by Crippen LogP contribution is 2.57. The lowest BCUT2D eigenvalue weighted by Gasteiger charge is -2.27. The van der Waals surface area contributed by atoms with Gasteiger partial charge in [-0.25, -0.2) is 14.4 Å². The van der Waals surface area contributed by atoms with Gasteiger partial charge in [-0.1, -0.05) is 6.07 Å². The van der Waals surface area contributed by atoms with Crippen molar-refractivity contribution in [2.75, 3.05) is 16.3 Å². The number of amides is 2. The van der Waals surface area contributed by atoms with E-state index in [1.807, 2.05) is 4.90 Å². The fraction of sp³-hybridized carbons (Fsp3) is 0.400. The van der Waals surface area contributed by atoms with Crippen molar-refractivity contribution in [3.8, 4) is 0 Å². The Balaban J connectivity index is 1.55. The third-order valence-corrected chi connectivity index (χ3v) is 6.35. The summed E-state index contributed by atoms with van der Waals surface area (Å²) < 4.78 is 14.0. The summed E-state index contributed by atoms with van der Waals surface area (Å²) in [5.41, 5.74) is 7.13. The minimum absolute atomic E-state index is 0.0353. The molecule has 2 aliphatic heterocycles. The van der Waals surface area contributed by atoms with Gasteiger partial charge in [-0.05, 0) is 55.0 Å². The Labute approximate surface area is 171 Å². The summed E-state index contributed by atoms with van der Waals surface area (Å²) in [6.45, 7) is 0.780. The Morgan fingerprint density at radius 3 is 2.90 bits per heavy atom. The van der Waals surface area contributed by atoms with Crippen LogP contribution in [-0.2, 0) is 21.5 Å². The molecule has 3 heterocycles. The van der Waals surface area contributed by atoms with Gasteiger partial charge in [0.25, 0.3) is 0 Å². The second-order valence-corrected chi connectivity index (χ2v) is 8.21. The second-order valence-electron chi connectivity index (χ2n) is 7.88. The van der Waals surface area contributed by atoms with E-state index in [9.17, 15) is 14.0 Å². The zero-order chi connectivity index (χ0) is 20.3. The molecule has 2 N–H and O–H groups in total. The lowest BCUT2D eigenvalue weighted by atomic mass is 9.98. The van der Waals surface area contributed by atoms with Crippen LogP contribution in [0.4, 0.5) is 15.9 Å². The van der Waals surface area contributed by atoms with E-state index in [-0.39, 0.29) is 23.6 Å². The number of nitrogens with two attached hydrogens (primary N) is 1. The van der Waals surface area contributed by atoms with Crippen LogP contribution in [0.1, 0.15) is 36.8 Å². The average molecular weight is 416 g/mol. The van der Waals surface area contributed by atoms with Gasteiger partial charge in [0.2, 0.25) is 17.1 Å². The molecule has 2 aromatic rings. The third-order valence-electron chi connectivity index (χ3n) is 6.16. The lowest BCUT2D eigenvalue weighted by molar-refractivity contribution is -0.120. The Morgan fingerprint density at radius 1 is 1.38 bits per heavy atom. The number of anilines is 2. The fourth-order valence-electron chi connectivity index (χ4n) is 4.60. The standard InChI is InChI=1S/C20H19ClFN5O2/c21-19-24-9-11(17(25-19)26-7-1-2-14(26)16(23)28)10-27-15-8-12(22)3-4-13(15)20(5-6-20)18(27)29/h3-4,8-9,14H,1-2,5-7,10H2,(H2,23,28). The SMILES string of the molecule is NC(=O)C1CCCN1c1nc(Cl)ncc1CN1C(=O)C2(CC2)c2ccc(F)cc21. The molecule has 1 spiro atoms. The lowest BCUT2D eigenvalue weighted by Crippen LogP contribution is -2.41. The number of aromatic nitrogens is 2. The van der Waals surface area contributed by atoms with Crippen molar-refractivity contribution in [1.29, 1.82) is 0 Å². The molecule has 1 saturated carbocycles. The molecule has 29 heavy (non-hydrogen) atoms. The maximum atomic E-state index is 14.0. The van der Waals surface area contributed by atoms with Gasteiger partial charge < -0.3 is 15.5 Å². The molecule has 0 radical (unpaired) electrons. The molecule has 3 aliphatic rings. The zero-order valence-electron chi connectivity index (χ0n) is 15.6. The molecule has 1 unspecified atom stereocenters. The van der Waals surface area contributed by atoms with Crippen LogP contribution < -0.4 is 15.5 Å². The first-order valence-corrected chi connectivity index (χ1v) is 9.98. The molecule has 0 bridgehead atoms. The highest BCUT2D eigenvalue weighted by molar-refractivity contribution is 6.28. The zero-order valence-corrected chi connectivity index (χ0v) is 16.3. The van der Waals surface area contributed by atoms with Gasteiger partial charge in [0.1, 0.15) is 17.7 Å². The highest BCUT2D eigenvalue weighted by atomic mass is 35.5. The number of halogens is 2. The van der Waals surface area contributed by atoms with E-state index in [1.54, 1.807) is 17.2 Å². The Kier molecular flexibility index (Phi) is 4.03. The van der Waals surface area contributed by atoms with Crippen LogP contribution in [0.3, 0.4) is 0 Å². The molecule has 1 aromatic heterocycles. The van der Waals surface area contributed by atoms with E-state index < -0.39 is 17.4 Å². The molecule has 9 heteroatoms. The summed E-state index contributed by atoms with van der Waals surface area (Å²) in [5, 5.41) is 0.0525. The maximum Gasteiger partial charge on any atom is 0.240 e. The fourth-order valence-corrected chi connectivity index (χ4v) is 4.73. The van der Waals surface area contributed by atoms with Gasteiger partial charge in [0.15, 0.2) is 0 Å². The smallest absolute Gasteiger partial charge is 0.240 e. The summed E-state index contributed by atoms with van der Waals surface area (Å²) in [7, 11) is 0. The van der Waals surface area contributed by atoms with Crippen molar-refractivity contribution in [1.82, 2.24) is 9.97 Å². The normalized spacial score (nSPS) is 21.7. The van der Waals surface area contributed by atoms with Crippen LogP contribution in [-0.4, -0.2) is 34.4 Å². The molecule has 1 aliphatic carbocycles. The molecule has 1 aromatic carbocycles. The van der Waals surface area contributed by atoms with Crippen LogP contribution in [0.25, 0.3) is 0 Å². The van der Waals surface area contributed by atoms with Crippen LogP contribution in [0.2, 0.25) is 5.28 Å². The molecule has 1 atom stereocenters. The average Bonchev–Trinajstić information content (AvgIpc) is 3.28. The van der Waals surface area contributed by atoms with Crippen LogP contribution in [0, 0.1) is 5.82 Å². The summed E-state index contributed by atoms with van der Waals surface area (Å²) in [4.78, 5) is 36.9. The third kappa shape index (κ3) is 2.77. The van der Waals surface area contributed by atoms with Crippen LogP contribution in [0.15, 0.2) is 24.4 Å². The number of fused-ring (bicyclic) bond motifs is 2. The van der Waals surface area contributed by atoms with Gasteiger partial charge in [-0.15, -0.1) is 0 Å². The number of hydrogen-bond acceptors (Lipinski definition) is 5. The van der Waals surface area contributed by atoms with E-state index in [2.05, 4.69) is 9.97 Å². The maximum absolute atomic E-state index is 14.0. The number of rotatable bonds is 4. The topological polar surface area (TPSA) is 92.4 Å². The first-order valence-electron chi connectivity index (χ1n) is 9.60. The van der Waals surface area contributed by atoms with Crippen LogP contribution in [0.5, 0.6) is 0 Å². The molecule has 2 fully saturated rings. The van der Waals surface area contributed by atoms with Gasteiger partial charge in [-0.3, -0.25) is 9.59 Å². The Bertz CT molecular complexity index is 1040. The molecule has 1 saturated heterocycles. The summed E-state index contributed by atoms with van der Waals surface area (Å²) in [5.74, 6) is -0.356. The minimum Gasteiger partial charge on any atom is -0.368 e. The molecule has 2 amide bonds. The minimum atomic E-state index is -0.528. The predicted molar refractivity (Wildman–Crippen MR) is 105 cm³/mol. The van der Waals surface area contributed by atoms with Crippen molar-refractivity contribution >= 4 is 34.9 Å². The molecule has 150 valence electrons. The number of carbonyl (C=O) groups is 2. The van der Waals surface area contributed by atoms with E-state index in [1.165, 1.54) is 12.1 Å². The summed E-state index contributed by atoms with van der Waals surface area (Å²) >= 11 is 6.03. The van der Waals surface area contributed by atoms with Crippen molar-refractivity contribution in [2.24, 2.45) is 5.73 Å². The van der Waals surface area contributed by atoms with E-state index in [4.69, 9.17) is 17.3 Å². The van der Waals surface area contributed by atoms with E-state index in [0.29, 0.717) is 30.0 Å². The Morgan fingerprint density at radius 2 is 2.17 bits per heavy atom. The van der Waals surface area contributed by atoms with E-state index in [0.717, 1.165) is 24.8 Å². The monoisotopic (exact) mass is 415 g/mol. The largest absolute Gasteiger partial charge is 0.368 e. The number of hydrogen-bond donors (Lipinski definition) is 1. The van der Waals surface area contributed by atoms with Gasteiger partial charge >= 0.3 is 0 Å². The van der Waals surface area contributed by atoms with E-state index >= 15 is 0 Å². The predicted octanol–water partition coefficient (Wildman–Crippen LogP) is 2.30. The van der Waals surface area contributed by atoms with Crippen LogP contribution >= 0.6 is 11.6 Å². The molecule has 7 nitrogen and oxygen atoms in total. The van der Waals surface area contributed by atoms with Crippen molar-refractivity contribution in [3.63, 3.8) is 0 Å². The van der Waals surface area contributed by atoms with Crippen molar-refractivity contribution < 1.29 is 14.0 Å². The van der Waals surface area contributed by atoms with Gasteiger partial charge in [-0.2, -0.15) is 0 Å². The quantitative estimate of drug-likeness (QED) is 0.773. The summed E-state index contributed by atoms with van der Waals surface area (Å²) in [6.07, 6.45) is 4.53. The Hall–Kier alpha value is -2.74. The summed E-state index contributed by atoms with van der Waals surface area (Å²) in [6, 6.07) is 4.03. The first-order chi connectivity index (χ1) is 13.9. The first kappa shape index (κ1) is 18.3. The van der Waals surface area contributed by atoms with Crippen molar-refractivity contribution in [2.45, 2.75) is 43.7 Å². The number of carbonyl (C=O) groups excluding carboxylic acids is 2. The van der Waals surface area contributed by atoms with Crippen molar-refractivity contribution in [3.05, 3.63) is 46.6 Å². The van der Waals surface area contributed by atoms with Gasteiger partial charge in [0, 0.05) is 18.3 Å².